The largest absolute Gasteiger partial charge is 0.494 e. The third-order valence-electron chi connectivity index (χ3n) is 3.57. The first-order valence-electron chi connectivity index (χ1n) is 7.91. The van der Waals surface area contributed by atoms with E-state index in [0.717, 1.165) is 22.6 Å². The predicted molar refractivity (Wildman–Crippen MR) is 96.7 cm³/mol. The van der Waals surface area contributed by atoms with Crippen molar-refractivity contribution in [2.24, 2.45) is 0 Å². The van der Waals surface area contributed by atoms with Gasteiger partial charge in [0.1, 0.15) is 5.75 Å². The highest BCUT2D eigenvalue weighted by Crippen LogP contribution is 2.20. The van der Waals surface area contributed by atoms with Crippen LogP contribution in [-0.4, -0.2) is 20.6 Å². The molecule has 0 amide bonds. The Hall–Kier alpha value is -2.40. The molecule has 1 aromatic heterocycles. The molecule has 2 aromatic carbocycles. The zero-order valence-electron chi connectivity index (χ0n) is 13.6. The quantitative estimate of drug-likeness (QED) is 0.658. The van der Waals surface area contributed by atoms with E-state index in [0.29, 0.717) is 18.1 Å². The van der Waals surface area contributed by atoms with Crippen LogP contribution in [0, 0.1) is 0 Å². The molecule has 3 aromatic rings. The van der Waals surface area contributed by atoms with Crippen LogP contribution in [-0.2, 0) is 22.3 Å². The summed E-state index contributed by atoms with van der Waals surface area (Å²) in [5.74, 6) is 1.77. The van der Waals surface area contributed by atoms with Crippen molar-refractivity contribution in [3.8, 4) is 11.4 Å². The van der Waals surface area contributed by atoms with E-state index in [1.54, 1.807) is 10.9 Å². The van der Waals surface area contributed by atoms with Crippen molar-refractivity contribution in [2.45, 2.75) is 18.4 Å². The Balaban J connectivity index is 1.67. The molecule has 0 saturated carbocycles. The molecule has 24 heavy (non-hydrogen) atoms. The number of aromatic nitrogens is 2. The van der Waals surface area contributed by atoms with Crippen LogP contribution in [0.3, 0.4) is 0 Å². The third-order valence-corrected chi connectivity index (χ3v) is 4.86. The van der Waals surface area contributed by atoms with Gasteiger partial charge >= 0.3 is 0 Å². The van der Waals surface area contributed by atoms with Crippen molar-refractivity contribution in [1.29, 1.82) is 0 Å². The molecule has 5 heteroatoms. The number of hydrogen-bond acceptors (Lipinski definition) is 3. The molecule has 0 bridgehead atoms. The van der Waals surface area contributed by atoms with E-state index in [-0.39, 0.29) is 0 Å². The van der Waals surface area contributed by atoms with Crippen molar-refractivity contribution < 1.29 is 8.95 Å². The van der Waals surface area contributed by atoms with Crippen LogP contribution < -0.4 is 4.74 Å². The number of benzene rings is 2. The molecule has 0 saturated heterocycles. The summed E-state index contributed by atoms with van der Waals surface area (Å²) < 4.78 is 19.9. The van der Waals surface area contributed by atoms with Gasteiger partial charge in [-0.1, -0.05) is 36.4 Å². The lowest BCUT2D eigenvalue weighted by molar-refractivity contribution is 0.337. The highest BCUT2D eigenvalue weighted by molar-refractivity contribution is 7.83. The molecule has 124 valence electrons. The predicted octanol–water partition coefficient (Wildman–Crippen LogP) is 3.72. The van der Waals surface area contributed by atoms with E-state index in [2.05, 4.69) is 5.10 Å². The third kappa shape index (κ3) is 4.11. The van der Waals surface area contributed by atoms with Crippen LogP contribution in [0.2, 0.25) is 0 Å². The molecule has 0 aliphatic heterocycles. The van der Waals surface area contributed by atoms with Crippen LogP contribution >= 0.6 is 0 Å². The molecular weight excluding hydrogens is 320 g/mol. The van der Waals surface area contributed by atoms with Gasteiger partial charge in [-0.25, -0.2) is 4.68 Å². The van der Waals surface area contributed by atoms with Crippen molar-refractivity contribution in [3.63, 3.8) is 0 Å². The highest BCUT2D eigenvalue weighted by Gasteiger charge is 2.10. The maximum Gasteiger partial charge on any atom is 0.123 e. The fraction of sp³-hybridized carbons (Fsp3) is 0.211. The first-order chi connectivity index (χ1) is 11.8. The molecule has 0 fully saturated rings. The van der Waals surface area contributed by atoms with Crippen LogP contribution in [0.5, 0.6) is 5.75 Å². The summed E-state index contributed by atoms with van der Waals surface area (Å²) >= 11 is 0. The second-order valence-corrected chi connectivity index (χ2v) is 6.85. The number of rotatable bonds is 7. The van der Waals surface area contributed by atoms with E-state index in [4.69, 9.17) is 4.74 Å². The van der Waals surface area contributed by atoms with Gasteiger partial charge < -0.3 is 4.74 Å². The van der Waals surface area contributed by atoms with Gasteiger partial charge in [0.25, 0.3) is 0 Å². The van der Waals surface area contributed by atoms with E-state index < -0.39 is 10.8 Å². The topological polar surface area (TPSA) is 44.1 Å². The van der Waals surface area contributed by atoms with Crippen molar-refractivity contribution in [3.05, 3.63) is 78.1 Å². The van der Waals surface area contributed by atoms with E-state index in [1.807, 2.05) is 67.7 Å². The van der Waals surface area contributed by atoms with Gasteiger partial charge in [0.05, 0.1) is 30.0 Å². The second kappa shape index (κ2) is 7.93. The highest BCUT2D eigenvalue weighted by atomic mass is 32.2. The minimum absolute atomic E-state index is 0.479. The Morgan fingerprint density at radius 1 is 1.04 bits per heavy atom. The van der Waals surface area contributed by atoms with E-state index >= 15 is 0 Å². The first-order valence-corrected chi connectivity index (χ1v) is 9.39. The zero-order chi connectivity index (χ0) is 16.8. The lowest BCUT2D eigenvalue weighted by Crippen LogP contribution is -2.02. The number of para-hydroxylation sites is 2. The molecule has 1 atom stereocenters. The van der Waals surface area contributed by atoms with Gasteiger partial charge in [-0.15, -0.1) is 0 Å². The first kappa shape index (κ1) is 16.5. The summed E-state index contributed by atoms with van der Waals surface area (Å²) in [6, 6.07) is 17.7. The van der Waals surface area contributed by atoms with Gasteiger partial charge in [0, 0.05) is 28.1 Å². The summed E-state index contributed by atoms with van der Waals surface area (Å²) in [4.78, 5) is 0. The number of nitrogens with zero attached hydrogens (tertiary/aromatic N) is 2. The lowest BCUT2D eigenvalue weighted by Gasteiger charge is -2.09. The second-order valence-electron chi connectivity index (χ2n) is 5.40. The zero-order valence-corrected chi connectivity index (χ0v) is 14.4. The van der Waals surface area contributed by atoms with Gasteiger partial charge in [0.15, 0.2) is 0 Å². The Kier molecular flexibility index (Phi) is 5.43. The van der Waals surface area contributed by atoms with Crippen LogP contribution in [0.25, 0.3) is 5.69 Å². The van der Waals surface area contributed by atoms with Gasteiger partial charge in [-0.05, 0) is 25.1 Å². The minimum atomic E-state index is -1.01. The lowest BCUT2D eigenvalue weighted by atomic mass is 10.2. The molecule has 4 nitrogen and oxygen atoms in total. The number of ether oxygens (including phenoxy) is 1. The summed E-state index contributed by atoms with van der Waals surface area (Å²) in [7, 11) is -1.01. The molecule has 0 radical (unpaired) electrons. The van der Waals surface area contributed by atoms with E-state index in [1.165, 1.54) is 0 Å². The van der Waals surface area contributed by atoms with Crippen molar-refractivity contribution in [2.75, 3.05) is 6.61 Å². The van der Waals surface area contributed by atoms with Gasteiger partial charge in [-0.3, -0.25) is 4.21 Å². The minimum Gasteiger partial charge on any atom is -0.494 e. The molecule has 0 N–H and O–H groups in total. The molecule has 1 heterocycles. The summed E-state index contributed by atoms with van der Waals surface area (Å²) in [5, 5.41) is 4.35. The summed E-state index contributed by atoms with van der Waals surface area (Å²) in [6.07, 6.45) is 3.71. The monoisotopic (exact) mass is 340 g/mol. The summed E-state index contributed by atoms with van der Waals surface area (Å²) in [5.41, 5.74) is 2.94. The normalized spacial score (nSPS) is 12.0. The average molecular weight is 340 g/mol. The van der Waals surface area contributed by atoms with Gasteiger partial charge in [0.2, 0.25) is 0 Å². The van der Waals surface area contributed by atoms with Gasteiger partial charge in [-0.2, -0.15) is 5.10 Å². The average Bonchev–Trinajstić information content (AvgIpc) is 3.06. The maximum atomic E-state index is 12.5. The SMILES string of the molecule is CCOc1ccccc1CS(=O)Cc1cnn(-c2ccccc2)c1. The Bertz CT molecular complexity index is 815. The smallest absolute Gasteiger partial charge is 0.123 e. The molecule has 0 spiro atoms. The molecule has 0 aliphatic rings. The fourth-order valence-corrected chi connectivity index (χ4v) is 3.69. The van der Waals surface area contributed by atoms with E-state index in [9.17, 15) is 4.21 Å². The van der Waals surface area contributed by atoms with Crippen LogP contribution in [0.1, 0.15) is 18.1 Å². The number of hydrogen-bond donors (Lipinski definition) is 0. The Morgan fingerprint density at radius 2 is 1.79 bits per heavy atom. The van der Waals surface area contributed by atoms with Crippen LogP contribution in [0.15, 0.2) is 67.0 Å². The Labute approximate surface area is 144 Å². The van der Waals surface area contributed by atoms with Crippen molar-refractivity contribution in [1.82, 2.24) is 9.78 Å². The standard InChI is InChI=1S/C19H20N2O2S/c1-2-23-19-11-7-6-8-17(19)15-24(22)14-16-12-20-21(13-16)18-9-4-3-5-10-18/h3-13H,2,14-15H2,1H3. The maximum absolute atomic E-state index is 12.5. The molecular formula is C19H20N2O2S. The summed E-state index contributed by atoms with van der Waals surface area (Å²) in [6.45, 7) is 2.55. The van der Waals surface area contributed by atoms with Crippen molar-refractivity contribution >= 4 is 10.8 Å². The molecule has 3 rings (SSSR count). The Morgan fingerprint density at radius 3 is 2.58 bits per heavy atom. The molecule has 0 aliphatic carbocycles. The molecule has 1 unspecified atom stereocenters. The van der Waals surface area contributed by atoms with Crippen LogP contribution in [0.4, 0.5) is 0 Å². The fourth-order valence-electron chi connectivity index (χ4n) is 2.49.